The molecule has 1 nitrogen and oxygen atoms in total. The van der Waals surface area contributed by atoms with Gasteiger partial charge in [-0.15, -0.1) is 0 Å². The summed E-state index contributed by atoms with van der Waals surface area (Å²) in [5, 5.41) is 7.48. The molecule has 4 heteroatoms. The van der Waals surface area contributed by atoms with Crippen molar-refractivity contribution in [3.8, 4) is 0 Å². The van der Waals surface area contributed by atoms with E-state index >= 15 is 0 Å². The van der Waals surface area contributed by atoms with Crippen LogP contribution in [-0.4, -0.2) is 12.7 Å². The molecular weight excluding hydrogens is 88.8 g/mol. The van der Waals surface area contributed by atoms with E-state index in [1.54, 1.807) is 0 Å². The fourth-order valence-corrected chi connectivity index (χ4v) is 0.0520. The molecular formula is C2H2BF2O. The Bertz CT molecular complexity index is 58.6. The fraction of sp³-hybridized carbons (Fsp3) is 0. The van der Waals surface area contributed by atoms with E-state index in [9.17, 15) is 8.71 Å². The lowest BCUT2D eigenvalue weighted by Crippen LogP contribution is -1.71. The molecule has 0 saturated heterocycles. The van der Waals surface area contributed by atoms with Gasteiger partial charge in [0, 0.05) is 0 Å². The van der Waals surface area contributed by atoms with E-state index in [2.05, 4.69) is 0 Å². The Kier molecular flexibility index (Phi) is 2.45. The molecule has 0 aliphatic heterocycles. The van der Waals surface area contributed by atoms with Crippen LogP contribution in [0.25, 0.3) is 0 Å². The summed E-state index contributed by atoms with van der Waals surface area (Å²) in [5.74, 6) is 0.306. The predicted molar refractivity (Wildman–Crippen MR) is 18.7 cm³/mol. The zero-order valence-electron chi connectivity index (χ0n) is 2.86. The van der Waals surface area contributed by atoms with Crippen molar-refractivity contribution in [2.75, 3.05) is 0 Å². The second-order valence-corrected chi connectivity index (χ2v) is 0.615. The molecule has 0 saturated carbocycles. The lowest BCUT2D eigenvalue weighted by Gasteiger charge is -1.71. The van der Waals surface area contributed by atoms with Crippen LogP contribution >= 0.6 is 0 Å². The summed E-state index contributed by atoms with van der Waals surface area (Å²) in [7, 11) is -0.0880. The van der Waals surface area contributed by atoms with Gasteiger partial charge in [0.25, 0.3) is 6.01 Å². The number of hydrogen-bond acceptors (Lipinski definition) is 1. The highest BCUT2D eigenvalue weighted by Crippen LogP contribution is 1.83. The van der Waals surface area contributed by atoms with E-state index in [4.69, 9.17) is 5.11 Å². The van der Waals surface area contributed by atoms with E-state index in [-0.39, 0.29) is 7.56 Å². The maximum absolute atomic E-state index is 10.8. The predicted octanol–water partition coefficient (Wildman–Crippen LogP) is 0.901. The summed E-state index contributed by atoms with van der Waals surface area (Å²) in [6.45, 7) is 0. The molecule has 0 aromatic carbocycles. The molecule has 0 aliphatic rings. The van der Waals surface area contributed by atoms with Crippen LogP contribution in [0, 0.1) is 0 Å². The Hall–Kier alpha value is -0.535. The molecule has 1 N–H and O–H groups in total. The first-order valence-electron chi connectivity index (χ1n) is 1.25. The van der Waals surface area contributed by atoms with Crippen molar-refractivity contribution in [1.82, 2.24) is 0 Å². The van der Waals surface area contributed by atoms with Crippen LogP contribution < -0.4 is 0 Å². The molecule has 0 spiro atoms. The maximum atomic E-state index is 10.8. The van der Waals surface area contributed by atoms with Crippen molar-refractivity contribution in [1.29, 1.82) is 0 Å². The summed E-state index contributed by atoms with van der Waals surface area (Å²) < 4.78 is 21.5. The lowest BCUT2D eigenvalue weighted by molar-refractivity contribution is 0.284. The highest BCUT2D eigenvalue weighted by Gasteiger charge is 1.82. The number of hydrogen-bond donors (Lipinski definition) is 1. The second kappa shape index (κ2) is 2.69. The molecule has 0 amide bonds. The second-order valence-electron chi connectivity index (χ2n) is 0.615. The Labute approximate surface area is 34.6 Å². The van der Waals surface area contributed by atoms with E-state index in [0.717, 1.165) is 0 Å². The summed E-state index contributed by atoms with van der Waals surface area (Å²) in [4.78, 5) is 0. The summed E-state index contributed by atoms with van der Waals surface area (Å²) in [6, 6.07) is -1.52. The van der Waals surface area contributed by atoms with Gasteiger partial charge in [-0.2, -0.15) is 4.39 Å². The highest BCUT2D eigenvalue weighted by atomic mass is 19.1. The molecule has 0 atom stereocenters. The maximum Gasteiger partial charge on any atom is 0.390 e. The lowest BCUT2D eigenvalue weighted by atomic mass is 10.1. The Morgan fingerprint density at radius 2 is 2.33 bits per heavy atom. The number of aliphatic hydroxyl groups excluding tert-OH is 1. The number of aliphatic hydroxyl groups is 1. The van der Waals surface area contributed by atoms with E-state index < -0.39 is 6.01 Å². The number of halogens is 2. The summed E-state index contributed by atoms with van der Waals surface area (Å²) in [6.07, 6.45) is 0. The van der Waals surface area contributed by atoms with Gasteiger partial charge < -0.3 is 9.42 Å². The molecule has 0 aromatic heterocycles. The third-order valence-corrected chi connectivity index (χ3v) is 0.201. The molecule has 0 rings (SSSR count). The SMILES string of the molecule is O/C(F)=C/[B]F. The molecule has 1 radical (unpaired) electrons. The van der Waals surface area contributed by atoms with Gasteiger partial charge in [-0.05, 0) is 5.98 Å². The van der Waals surface area contributed by atoms with Gasteiger partial charge in [-0.1, -0.05) is 0 Å². The van der Waals surface area contributed by atoms with Crippen LogP contribution in [0.3, 0.4) is 0 Å². The van der Waals surface area contributed by atoms with Crippen LogP contribution in [0.15, 0.2) is 12.0 Å². The van der Waals surface area contributed by atoms with Crippen molar-refractivity contribution < 1.29 is 13.8 Å². The van der Waals surface area contributed by atoms with Crippen LogP contribution in [-0.2, 0) is 0 Å². The molecule has 0 aromatic rings. The monoisotopic (exact) mass is 91.0 g/mol. The van der Waals surface area contributed by atoms with Gasteiger partial charge >= 0.3 is 7.56 Å². The van der Waals surface area contributed by atoms with E-state index in [1.165, 1.54) is 0 Å². The van der Waals surface area contributed by atoms with Crippen LogP contribution in [0.2, 0.25) is 0 Å². The largest absolute Gasteiger partial charge is 0.487 e. The fourth-order valence-electron chi connectivity index (χ4n) is 0.0520. The average Bonchev–Trinajstić information content (AvgIpc) is 1.35. The standard InChI is InChI=1S/C2H2BF2O/c4-2(6)1-3-5/h1,6H/b2-1+. The summed E-state index contributed by atoms with van der Waals surface area (Å²) >= 11 is 0. The third kappa shape index (κ3) is 3.46. The van der Waals surface area contributed by atoms with Crippen LogP contribution in [0.1, 0.15) is 0 Å². The van der Waals surface area contributed by atoms with Crippen molar-refractivity contribution in [2.24, 2.45) is 0 Å². The Balaban J connectivity index is 3.14. The first kappa shape index (κ1) is 5.46. The zero-order valence-corrected chi connectivity index (χ0v) is 2.86. The molecule has 0 bridgehead atoms. The normalized spacial score (nSPS) is 11.3. The van der Waals surface area contributed by atoms with Gasteiger partial charge in [0.05, 0.1) is 0 Å². The number of rotatable bonds is 1. The van der Waals surface area contributed by atoms with Crippen LogP contribution in [0.4, 0.5) is 8.71 Å². The molecule has 0 aliphatic carbocycles. The minimum atomic E-state index is -1.52. The first-order chi connectivity index (χ1) is 2.77. The smallest absolute Gasteiger partial charge is 0.390 e. The molecule has 0 unspecified atom stereocenters. The minimum Gasteiger partial charge on any atom is -0.487 e. The molecule has 0 fully saturated rings. The van der Waals surface area contributed by atoms with Crippen molar-refractivity contribution in [3.05, 3.63) is 12.0 Å². The third-order valence-electron chi connectivity index (χ3n) is 0.201. The molecule has 0 heterocycles. The zero-order chi connectivity index (χ0) is 4.99. The van der Waals surface area contributed by atoms with E-state index in [0.29, 0.717) is 5.98 Å². The van der Waals surface area contributed by atoms with Crippen molar-refractivity contribution >= 4 is 7.56 Å². The van der Waals surface area contributed by atoms with Crippen LogP contribution in [0.5, 0.6) is 0 Å². The van der Waals surface area contributed by atoms with Crippen molar-refractivity contribution in [2.45, 2.75) is 0 Å². The highest BCUT2D eigenvalue weighted by molar-refractivity contribution is 6.33. The summed E-state index contributed by atoms with van der Waals surface area (Å²) in [5.41, 5.74) is 0. The quantitative estimate of drug-likeness (QED) is 0.375. The Morgan fingerprint density at radius 1 is 1.83 bits per heavy atom. The van der Waals surface area contributed by atoms with Gasteiger partial charge in [-0.25, -0.2) is 0 Å². The minimum absolute atomic E-state index is 0.0880. The van der Waals surface area contributed by atoms with Crippen molar-refractivity contribution in [3.63, 3.8) is 0 Å². The van der Waals surface area contributed by atoms with Gasteiger partial charge in [0.15, 0.2) is 0 Å². The Morgan fingerprint density at radius 3 is 2.33 bits per heavy atom. The van der Waals surface area contributed by atoms with Gasteiger partial charge in [-0.3, -0.25) is 0 Å². The average molecular weight is 90.8 g/mol. The van der Waals surface area contributed by atoms with E-state index in [1.807, 2.05) is 0 Å². The van der Waals surface area contributed by atoms with Gasteiger partial charge in [0.2, 0.25) is 0 Å². The topological polar surface area (TPSA) is 20.2 Å². The first-order valence-corrected chi connectivity index (χ1v) is 1.25. The molecule has 33 valence electrons. The van der Waals surface area contributed by atoms with Gasteiger partial charge in [0.1, 0.15) is 0 Å². The molecule has 6 heavy (non-hydrogen) atoms.